The number of nitrogens with one attached hydrogen (secondary N) is 2. The summed E-state index contributed by atoms with van der Waals surface area (Å²) in [4.78, 5) is 24.2. The molecule has 1 unspecified atom stereocenters. The summed E-state index contributed by atoms with van der Waals surface area (Å²) in [6, 6.07) is 14.6. The summed E-state index contributed by atoms with van der Waals surface area (Å²) in [7, 11) is 0. The predicted octanol–water partition coefficient (Wildman–Crippen LogP) is 4.42. The summed E-state index contributed by atoms with van der Waals surface area (Å²) in [5, 5.41) is 5.73. The number of amides is 2. The Morgan fingerprint density at radius 1 is 0.963 bits per heavy atom. The molecular weight excluding hydrogens is 340 g/mol. The van der Waals surface area contributed by atoms with Crippen molar-refractivity contribution in [1.29, 1.82) is 0 Å². The number of ether oxygens (including phenoxy) is 1. The number of carbonyl (C=O) groups is 2. The third-order valence-corrected chi connectivity index (χ3v) is 4.89. The Morgan fingerprint density at radius 3 is 2.07 bits per heavy atom. The lowest BCUT2D eigenvalue weighted by atomic mass is 9.97. The standard InChI is InChI=1S/C22H26N2O3/c1-15-7-11-19(12-8-15)27-20-13-9-18(10-14-20)24-22(26)21(23-16(2)25)17-5-3-4-6-17/h7-14,17,21H,3-6H2,1-2H3,(H,23,25)(H,24,26). The first-order chi connectivity index (χ1) is 13.0. The molecule has 1 saturated carbocycles. The van der Waals surface area contributed by atoms with Gasteiger partial charge in [-0.05, 0) is 62.1 Å². The minimum Gasteiger partial charge on any atom is -0.457 e. The van der Waals surface area contributed by atoms with Gasteiger partial charge in [0.2, 0.25) is 11.8 Å². The van der Waals surface area contributed by atoms with Crippen LogP contribution in [0.25, 0.3) is 0 Å². The monoisotopic (exact) mass is 366 g/mol. The number of aryl methyl sites for hydroxylation is 1. The summed E-state index contributed by atoms with van der Waals surface area (Å²) in [6.07, 6.45) is 4.17. The molecule has 2 aromatic carbocycles. The van der Waals surface area contributed by atoms with E-state index in [0.717, 1.165) is 31.4 Å². The van der Waals surface area contributed by atoms with E-state index in [4.69, 9.17) is 4.74 Å². The molecule has 1 aliphatic carbocycles. The quantitative estimate of drug-likeness (QED) is 0.795. The minimum atomic E-state index is -0.478. The number of benzene rings is 2. The van der Waals surface area contributed by atoms with Crippen LogP contribution in [-0.4, -0.2) is 17.9 Å². The minimum absolute atomic E-state index is 0.163. The van der Waals surface area contributed by atoms with Crippen LogP contribution in [0.1, 0.15) is 38.2 Å². The van der Waals surface area contributed by atoms with E-state index in [9.17, 15) is 9.59 Å². The second-order valence-electron chi connectivity index (χ2n) is 7.15. The molecule has 3 rings (SSSR count). The molecule has 2 aromatic rings. The average Bonchev–Trinajstić information content (AvgIpc) is 3.17. The molecule has 0 spiro atoms. The first-order valence-corrected chi connectivity index (χ1v) is 9.44. The van der Waals surface area contributed by atoms with Gasteiger partial charge >= 0.3 is 0 Å². The van der Waals surface area contributed by atoms with Crippen molar-refractivity contribution in [2.45, 2.75) is 45.6 Å². The highest BCUT2D eigenvalue weighted by Gasteiger charge is 2.31. The van der Waals surface area contributed by atoms with Crippen molar-refractivity contribution in [2.75, 3.05) is 5.32 Å². The van der Waals surface area contributed by atoms with E-state index in [1.54, 1.807) is 12.1 Å². The van der Waals surface area contributed by atoms with Crippen molar-refractivity contribution in [2.24, 2.45) is 5.92 Å². The molecule has 0 bridgehead atoms. The van der Waals surface area contributed by atoms with Gasteiger partial charge in [0, 0.05) is 12.6 Å². The lowest BCUT2D eigenvalue weighted by Crippen LogP contribution is -2.47. The Hall–Kier alpha value is -2.82. The topological polar surface area (TPSA) is 67.4 Å². The Labute approximate surface area is 160 Å². The van der Waals surface area contributed by atoms with Crippen molar-refractivity contribution < 1.29 is 14.3 Å². The fourth-order valence-corrected chi connectivity index (χ4v) is 3.48. The van der Waals surface area contributed by atoms with E-state index in [-0.39, 0.29) is 17.7 Å². The molecular formula is C22H26N2O3. The largest absolute Gasteiger partial charge is 0.457 e. The molecule has 0 aliphatic heterocycles. The zero-order valence-corrected chi connectivity index (χ0v) is 15.8. The average molecular weight is 366 g/mol. The fraction of sp³-hybridized carbons (Fsp3) is 0.364. The Morgan fingerprint density at radius 2 is 1.52 bits per heavy atom. The molecule has 1 atom stereocenters. The van der Waals surface area contributed by atoms with E-state index in [1.807, 2.05) is 43.3 Å². The fourth-order valence-electron chi connectivity index (χ4n) is 3.48. The van der Waals surface area contributed by atoms with Gasteiger partial charge in [0.1, 0.15) is 17.5 Å². The zero-order valence-electron chi connectivity index (χ0n) is 15.8. The van der Waals surface area contributed by atoms with Gasteiger partial charge in [0.25, 0.3) is 0 Å². The summed E-state index contributed by atoms with van der Waals surface area (Å²) >= 11 is 0. The van der Waals surface area contributed by atoms with Crippen molar-refractivity contribution in [3.8, 4) is 11.5 Å². The second kappa shape index (κ2) is 8.71. The van der Waals surface area contributed by atoms with Crippen LogP contribution in [-0.2, 0) is 9.59 Å². The van der Waals surface area contributed by atoms with Gasteiger partial charge < -0.3 is 15.4 Å². The highest BCUT2D eigenvalue weighted by atomic mass is 16.5. The van der Waals surface area contributed by atoms with Gasteiger partial charge in [-0.15, -0.1) is 0 Å². The first kappa shape index (κ1) is 19.0. The number of rotatable bonds is 6. The SMILES string of the molecule is CC(=O)NC(C(=O)Nc1ccc(Oc2ccc(C)cc2)cc1)C1CCCC1. The number of anilines is 1. The molecule has 5 heteroatoms. The molecule has 0 heterocycles. The van der Waals surface area contributed by atoms with Crippen LogP contribution in [0, 0.1) is 12.8 Å². The van der Waals surface area contributed by atoms with Crippen molar-refractivity contribution in [3.05, 3.63) is 54.1 Å². The van der Waals surface area contributed by atoms with Crippen LogP contribution < -0.4 is 15.4 Å². The van der Waals surface area contributed by atoms with Gasteiger partial charge in [-0.2, -0.15) is 0 Å². The summed E-state index contributed by atoms with van der Waals surface area (Å²) in [6.45, 7) is 3.48. The molecule has 1 fully saturated rings. The third-order valence-electron chi connectivity index (χ3n) is 4.89. The molecule has 0 saturated heterocycles. The first-order valence-electron chi connectivity index (χ1n) is 9.44. The van der Waals surface area contributed by atoms with Gasteiger partial charge in [0.05, 0.1) is 0 Å². The van der Waals surface area contributed by atoms with Crippen molar-refractivity contribution in [1.82, 2.24) is 5.32 Å². The number of hydrogen-bond acceptors (Lipinski definition) is 3. The lowest BCUT2D eigenvalue weighted by molar-refractivity contribution is -0.126. The maximum Gasteiger partial charge on any atom is 0.247 e. The molecule has 0 aromatic heterocycles. The van der Waals surface area contributed by atoms with Crippen LogP contribution in [0.3, 0.4) is 0 Å². The Kier molecular flexibility index (Phi) is 6.12. The van der Waals surface area contributed by atoms with Gasteiger partial charge in [0.15, 0.2) is 0 Å². The van der Waals surface area contributed by atoms with Crippen LogP contribution in [0.5, 0.6) is 11.5 Å². The third kappa shape index (κ3) is 5.33. The molecule has 142 valence electrons. The van der Waals surface area contributed by atoms with Crippen LogP contribution >= 0.6 is 0 Å². The van der Waals surface area contributed by atoms with E-state index in [0.29, 0.717) is 11.4 Å². The van der Waals surface area contributed by atoms with Gasteiger partial charge in [-0.25, -0.2) is 0 Å². The van der Waals surface area contributed by atoms with E-state index >= 15 is 0 Å². The van der Waals surface area contributed by atoms with E-state index < -0.39 is 6.04 Å². The van der Waals surface area contributed by atoms with Gasteiger partial charge in [-0.1, -0.05) is 30.5 Å². The predicted molar refractivity (Wildman–Crippen MR) is 106 cm³/mol. The molecule has 1 aliphatic rings. The Balaban J connectivity index is 1.62. The zero-order chi connectivity index (χ0) is 19.2. The van der Waals surface area contributed by atoms with Gasteiger partial charge in [-0.3, -0.25) is 9.59 Å². The molecule has 27 heavy (non-hydrogen) atoms. The molecule has 2 N–H and O–H groups in total. The second-order valence-corrected chi connectivity index (χ2v) is 7.15. The van der Waals surface area contributed by atoms with Crippen molar-refractivity contribution in [3.63, 3.8) is 0 Å². The Bertz CT molecular complexity index is 778. The molecule has 0 radical (unpaired) electrons. The van der Waals surface area contributed by atoms with Crippen LogP contribution in [0.4, 0.5) is 5.69 Å². The summed E-state index contributed by atoms with van der Waals surface area (Å²) < 4.78 is 5.80. The maximum atomic E-state index is 12.7. The van der Waals surface area contributed by atoms with Crippen LogP contribution in [0.2, 0.25) is 0 Å². The molecule has 5 nitrogen and oxygen atoms in total. The van der Waals surface area contributed by atoms with E-state index in [1.165, 1.54) is 12.5 Å². The normalized spacial score (nSPS) is 15.2. The number of hydrogen-bond donors (Lipinski definition) is 2. The van der Waals surface area contributed by atoms with Crippen LogP contribution in [0.15, 0.2) is 48.5 Å². The maximum absolute atomic E-state index is 12.7. The smallest absolute Gasteiger partial charge is 0.247 e. The molecule has 2 amide bonds. The highest BCUT2D eigenvalue weighted by molar-refractivity contribution is 5.97. The summed E-state index contributed by atoms with van der Waals surface area (Å²) in [5.74, 6) is 1.33. The highest BCUT2D eigenvalue weighted by Crippen LogP contribution is 2.29. The van der Waals surface area contributed by atoms with Crippen molar-refractivity contribution >= 4 is 17.5 Å². The number of carbonyl (C=O) groups excluding carboxylic acids is 2. The summed E-state index contributed by atoms with van der Waals surface area (Å²) in [5.41, 5.74) is 1.86. The lowest BCUT2D eigenvalue weighted by Gasteiger charge is -2.23. The van der Waals surface area contributed by atoms with E-state index in [2.05, 4.69) is 10.6 Å².